The first-order valence-corrected chi connectivity index (χ1v) is 5.00. The summed E-state index contributed by atoms with van der Waals surface area (Å²) in [5.41, 5.74) is 0. The standard InChI is InChI=1S/C10H19NO2/c1-11-9-5-3-4-8(6-9)7-10(12)13-2/h8-9,11H,3-7H2,1-2H3. The molecule has 0 spiro atoms. The molecule has 1 fully saturated rings. The van der Waals surface area contributed by atoms with Crippen LogP contribution in [0.4, 0.5) is 0 Å². The van der Waals surface area contributed by atoms with E-state index in [1.165, 1.54) is 26.4 Å². The molecule has 0 aliphatic heterocycles. The largest absolute Gasteiger partial charge is 0.469 e. The Hall–Kier alpha value is -0.570. The number of methoxy groups -OCH3 is 1. The van der Waals surface area contributed by atoms with Gasteiger partial charge in [-0.25, -0.2) is 0 Å². The highest BCUT2D eigenvalue weighted by Crippen LogP contribution is 2.26. The summed E-state index contributed by atoms with van der Waals surface area (Å²) < 4.78 is 4.66. The summed E-state index contributed by atoms with van der Waals surface area (Å²) in [4.78, 5) is 11.0. The zero-order chi connectivity index (χ0) is 9.68. The summed E-state index contributed by atoms with van der Waals surface area (Å²) in [6.45, 7) is 0. The van der Waals surface area contributed by atoms with Crippen molar-refractivity contribution in [1.29, 1.82) is 0 Å². The SMILES string of the molecule is CNC1CCCC(CC(=O)OC)C1. The van der Waals surface area contributed by atoms with Gasteiger partial charge in [0.1, 0.15) is 0 Å². The molecule has 0 aromatic heterocycles. The van der Waals surface area contributed by atoms with Crippen molar-refractivity contribution < 1.29 is 9.53 Å². The first-order chi connectivity index (χ1) is 6.26. The van der Waals surface area contributed by atoms with Crippen LogP contribution in [0.3, 0.4) is 0 Å². The third-order valence-electron chi connectivity index (χ3n) is 2.87. The van der Waals surface area contributed by atoms with Gasteiger partial charge in [0.15, 0.2) is 0 Å². The molecule has 3 nitrogen and oxygen atoms in total. The van der Waals surface area contributed by atoms with Crippen LogP contribution in [-0.2, 0) is 9.53 Å². The van der Waals surface area contributed by atoms with Crippen molar-refractivity contribution in [2.75, 3.05) is 14.2 Å². The van der Waals surface area contributed by atoms with Crippen LogP contribution in [-0.4, -0.2) is 26.2 Å². The van der Waals surface area contributed by atoms with E-state index in [-0.39, 0.29) is 5.97 Å². The Morgan fingerprint density at radius 3 is 2.92 bits per heavy atom. The van der Waals surface area contributed by atoms with Crippen molar-refractivity contribution in [3.63, 3.8) is 0 Å². The lowest BCUT2D eigenvalue weighted by molar-refractivity contribution is -0.142. The monoisotopic (exact) mass is 185 g/mol. The van der Waals surface area contributed by atoms with Gasteiger partial charge in [-0.05, 0) is 32.2 Å². The van der Waals surface area contributed by atoms with E-state index < -0.39 is 0 Å². The van der Waals surface area contributed by atoms with Gasteiger partial charge in [-0.1, -0.05) is 6.42 Å². The van der Waals surface area contributed by atoms with Crippen LogP contribution in [0.25, 0.3) is 0 Å². The normalized spacial score (nSPS) is 28.5. The van der Waals surface area contributed by atoms with Gasteiger partial charge in [0, 0.05) is 12.5 Å². The molecular formula is C10H19NO2. The zero-order valence-corrected chi connectivity index (χ0v) is 8.51. The molecule has 1 rings (SSSR count). The molecule has 0 aromatic carbocycles. The molecule has 2 atom stereocenters. The average Bonchev–Trinajstić information content (AvgIpc) is 2.18. The molecule has 0 saturated heterocycles. The van der Waals surface area contributed by atoms with E-state index in [9.17, 15) is 4.79 Å². The van der Waals surface area contributed by atoms with Gasteiger partial charge in [0.2, 0.25) is 0 Å². The molecule has 1 N–H and O–H groups in total. The number of hydrogen-bond acceptors (Lipinski definition) is 3. The fraction of sp³-hybridized carbons (Fsp3) is 0.900. The summed E-state index contributed by atoms with van der Waals surface area (Å²) in [6.07, 6.45) is 5.36. The van der Waals surface area contributed by atoms with E-state index >= 15 is 0 Å². The maximum absolute atomic E-state index is 11.0. The second-order valence-corrected chi connectivity index (χ2v) is 3.80. The molecule has 0 heterocycles. The lowest BCUT2D eigenvalue weighted by Gasteiger charge is -2.28. The minimum atomic E-state index is -0.0678. The molecular weight excluding hydrogens is 166 g/mol. The van der Waals surface area contributed by atoms with E-state index in [0.717, 1.165) is 6.42 Å². The number of carbonyl (C=O) groups excluding carboxylic acids is 1. The molecule has 0 bridgehead atoms. The lowest BCUT2D eigenvalue weighted by atomic mass is 9.84. The topological polar surface area (TPSA) is 38.3 Å². The molecule has 2 unspecified atom stereocenters. The van der Waals surface area contributed by atoms with E-state index in [1.807, 2.05) is 7.05 Å². The molecule has 1 aliphatic carbocycles. The molecule has 76 valence electrons. The van der Waals surface area contributed by atoms with Gasteiger partial charge in [0.25, 0.3) is 0 Å². The maximum atomic E-state index is 11.0. The average molecular weight is 185 g/mol. The van der Waals surface area contributed by atoms with E-state index in [0.29, 0.717) is 18.4 Å². The Morgan fingerprint density at radius 2 is 2.31 bits per heavy atom. The van der Waals surface area contributed by atoms with Crippen molar-refractivity contribution in [2.24, 2.45) is 5.92 Å². The van der Waals surface area contributed by atoms with Gasteiger partial charge in [-0.3, -0.25) is 4.79 Å². The first-order valence-electron chi connectivity index (χ1n) is 5.00. The highest BCUT2D eigenvalue weighted by atomic mass is 16.5. The van der Waals surface area contributed by atoms with E-state index in [4.69, 9.17) is 0 Å². The van der Waals surface area contributed by atoms with Crippen molar-refractivity contribution in [3.05, 3.63) is 0 Å². The Balaban J connectivity index is 2.29. The lowest BCUT2D eigenvalue weighted by Crippen LogP contribution is -2.32. The molecule has 3 heteroatoms. The second-order valence-electron chi connectivity index (χ2n) is 3.80. The van der Waals surface area contributed by atoms with E-state index in [2.05, 4.69) is 10.1 Å². The minimum absolute atomic E-state index is 0.0678. The quantitative estimate of drug-likeness (QED) is 0.674. The van der Waals surface area contributed by atoms with Crippen LogP contribution >= 0.6 is 0 Å². The zero-order valence-electron chi connectivity index (χ0n) is 8.51. The summed E-state index contributed by atoms with van der Waals surface area (Å²) in [5.74, 6) is 0.459. The van der Waals surface area contributed by atoms with Crippen LogP contribution < -0.4 is 5.32 Å². The van der Waals surface area contributed by atoms with Crippen LogP contribution in [0.15, 0.2) is 0 Å². The van der Waals surface area contributed by atoms with Crippen LogP contribution in [0.5, 0.6) is 0 Å². The van der Waals surface area contributed by atoms with Crippen LogP contribution in [0.2, 0.25) is 0 Å². The number of esters is 1. The first kappa shape index (κ1) is 10.5. The summed E-state index contributed by atoms with van der Waals surface area (Å²) in [6, 6.07) is 0.600. The summed E-state index contributed by atoms with van der Waals surface area (Å²) >= 11 is 0. The highest BCUT2D eigenvalue weighted by molar-refractivity contribution is 5.69. The molecule has 0 radical (unpaired) electrons. The number of rotatable bonds is 3. The fourth-order valence-corrected chi connectivity index (χ4v) is 2.06. The predicted octanol–water partition coefficient (Wildman–Crippen LogP) is 1.33. The number of ether oxygens (including phenoxy) is 1. The fourth-order valence-electron chi connectivity index (χ4n) is 2.06. The Labute approximate surface area is 79.8 Å². The highest BCUT2D eigenvalue weighted by Gasteiger charge is 2.22. The molecule has 13 heavy (non-hydrogen) atoms. The summed E-state index contributed by atoms with van der Waals surface area (Å²) in [5, 5.41) is 3.27. The third kappa shape index (κ3) is 3.35. The third-order valence-corrected chi connectivity index (χ3v) is 2.87. The van der Waals surface area contributed by atoms with Gasteiger partial charge in [-0.2, -0.15) is 0 Å². The van der Waals surface area contributed by atoms with Crippen LogP contribution in [0.1, 0.15) is 32.1 Å². The molecule has 0 aromatic rings. The van der Waals surface area contributed by atoms with Crippen molar-refractivity contribution in [2.45, 2.75) is 38.1 Å². The van der Waals surface area contributed by atoms with Gasteiger partial charge in [0.05, 0.1) is 7.11 Å². The minimum Gasteiger partial charge on any atom is -0.469 e. The number of hydrogen-bond donors (Lipinski definition) is 1. The van der Waals surface area contributed by atoms with Gasteiger partial charge in [-0.15, -0.1) is 0 Å². The maximum Gasteiger partial charge on any atom is 0.305 e. The predicted molar refractivity (Wildman–Crippen MR) is 51.4 cm³/mol. The smallest absolute Gasteiger partial charge is 0.305 e. The second kappa shape index (κ2) is 5.22. The van der Waals surface area contributed by atoms with Crippen molar-refractivity contribution in [3.8, 4) is 0 Å². The van der Waals surface area contributed by atoms with E-state index in [1.54, 1.807) is 0 Å². The molecule has 1 saturated carbocycles. The van der Waals surface area contributed by atoms with Crippen LogP contribution in [0, 0.1) is 5.92 Å². The molecule has 0 amide bonds. The Morgan fingerprint density at radius 1 is 1.54 bits per heavy atom. The Kier molecular flexibility index (Phi) is 4.22. The van der Waals surface area contributed by atoms with Gasteiger partial charge >= 0.3 is 5.97 Å². The van der Waals surface area contributed by atoms with Gasteiger partial charge < -0.3 is 10.1 Å². The van der Waals surface area contributed by atoms with Crippen molar-refractivity contribution >= 4 is 5.97 Å². The number of nitrogens with one attached hydrogen (secondary N) is 1. The van der Waals surface area contributed by atoms with Crippen molar-refractivity contribution in [1.82, 2.24) is 5.32 Å². The number of carbonyl (C=O) groups is 1. The summed E-state index contributed by atoms with van der Waals surface area (Å²) in [7, 11) is 3.45. The molecule has 1 aliphatic rings. The Bertz CT molecular complexity index is 170.